The molecule has 0 saturated heterocycles. The van der Waals surface area contributed by atoms with Crippen molar-refractivity contribution in [2.24, 2.45) is 23.5 Å². The van der Waals surface area contributed by atoms with Gasteiger partial charge in [-0.3, -0.25) is 0 Å². The first-order valence-corrected chi connectivity index (χ1v) is 7.77. The Morgan fingerprint density at radius 1 is 1.26 bits per heavy atom. The van der Waals surface area contributed by atoms with E-state index in [9.17, 15) is 0 Å². The molecule has 1 aromatic carbocycles. The lowest BCUT2D eigenvalue weighted by Gasteiger charge is -2.29. The summed E-state index contributed by atoms with van der Waals surface area (Å²) in [6.07, 6.45) is 6.60. The predicted molar refractivity (Wildman–Crippen MR) is 78.1 cm³/mol. The molecule has 2 aliphatic carbocycles. The van der Waals surface area contributed by atoms with E-state index in [0.717, 1.165) is 30.6 Å². The van der Waals surface area contributed by atoms with Crippen LogP contribution < -0.4 is 10.5 Å². The van der Waals surface area contributed by atoms with Crippen molar-refractivity contribution in [3.63, 3.8) is 0 Å². The minimum atomic E-state index is 0.156. The van der Waals surface area contributed by atoms with Crippen LogP contribution in [0.25, 0.3) is 0 Å². The van der Waals surface area contributed by atoms with Crippen LogP contribution in [0.4, 0.5) is 0 Å². The van der Waals surface area contributed by atoms with Crippen molar-refractivity contribution < 1.29 is 4.74 Å². The van der Waals surface area contributed by atoms with Crippen LogP contribution in [0.1, 0.15) is 50.6 Å². The lowest BCUT2D eigenvalue weighted by molar-refractivity contribution is 0.270. The molecule has 0 amide bonds. The van der Waals surface area contributed by atoms with Crippen molar-refractivity contribution in [3.05, 3.63) is 29.8 Å². The lowest BCUT2D eigenvalue weighted by atomic mass is 9.81. The van der Waals surface area contributed by atoms with Gasteiger partial charge in [0.25, 0.3) is 0 Å². The van der Waals surface area contributed by atoms with Crippen molar-refractivity contribution in [2.45, 2.75) is 45.1 Å². The Kier molecular flexibility index (Phi) is 3.79. The van der Waals surface area contributed by atoms with Crippen molar-refractivity contribution >= 4 is 0 Å². The summed E-state index contributed by atoms with van der Waals surface area (Å²) in [5, 5.41) is 0. The van der Waals surface area contributed by atoms with Gasteiger partial charge in [-0.25, -0.2) is 0 Å². The van der Waals surface area contributed by atoms with E-state index in [-0.39, 0.29) is 6.04 Å². The molecule has 104 valence electrons. The van der Waals surface area contributed by atoms with Gasteiger partial charge in [0, 0.05) is 11.6 Å². The van der Waals surface area contributed by atoms with Crippen LogP contribution >= 0.6 is 0 Å². The molecule has 1 aromatic rings. The molecule has 0 heterocycles. The molecule has 2 saturated carbocycles. The molecule has 0 radical (unpaired) electrons. The minimum absolute atomic E-state index is 0.156. The van der Waals surface area contributed by atoms with Crippen LogP contribution in [0.15, 0.2) is 24.3 Å². The van der Waals surface area contributed by atoms with Gasteiger partial charge in [-0.1, -0.05) is 31.5 Å². The van der Waals surface area contributed by atoms with Crippen LogP contribution in [0, 0.1) is 17.8 Å². The monoisotopic (exact) mass is 259 g/mol. The second kappa shape index (κ2) is 5.54. The second-order valence-corrected chi connectivity index (χ2v) is 6.25. The number of para-hydroxylation sites is 1. The van der Waals surface area contributed by atoms with E-state index in [1.165, 1.54) is 31.2 Å². The summed E-state index contributed by atoms with van der Waals surface area (Å²) >= 11 is 0. The van der Waals surface area contributed by atoms with Crippen molar-refractivity contribution in [1.82, 2.24) is 0 Å². The van der Waals surface area contributed by atoms with Crippen molar-refractivity contribution in [2.75, 3.05) is 6.61 Å². The second-order valence-electron chi connectivity index (χ2n) is 6.25. The quantitative estimate of drug-likeness (QED) is 0.870. The summed E-state index contributed by atoms with van der Waals surface area (Å²) < 4.78 is 5.87. The highest BCUT2D eigenvalue weighted by molar-refractivity contribution is 5.36. The third kappa shape index (κ3) is 2.51. The molecule has 4 unspecified atom stereocenters. The van der Waals surface area contributed by atoms with Crippen LogP contribution in [0.2, 0.25) is 0 Å². The molecule has 19 heavy (non-hydrogen) atoms. The van der Waals surface area contributed by atoms with Crippen molar-refractivity contribution in [1.29, 1.82) is 0 Å². The average Bonchev–Trinajstić information content (AvgIpc) is 3.07. The fourth-order valence-electron chi connectivity index (χ4n) is 4.06. The third-order valence-corrected chi connectivity index (χ3v) is 4.99. The van der Waals surface area contributed by atoms with Gasteiger partial charge in [-0.15, -0.1) is 0 Å². The van der Waals surface area contributed by atoms with Gasteiger partial charge in [0.15, 0.2) is 0 Å². The normalized spacial score (nSPS) is 30.5. The summed E-state index contributed by atoms with van der Waals surface area (Å²) in [5.74, 6) is 3.48. The lowest BCUT2D eigenvalue weighted by Crippen LogP contribution is -2.26. The molecule has 2 N–H and O–H groups in total. The number of hydrogen-bond donors (Lipinski definition) is 1. The summed E-state index contributed by atoms with van der Waals surface area (Å²) in [4.78, 5) is 0. The maximum Gasteiger partial charge on any atom is 0.124 e. The summed E-state index contributed by atoms with van der Waals surface area (Å²) in [7, 11) is 0. The Hall–Kier alpha value is -1.02. The Morgan fingerprint density at radius 2 is 2.11 bits per heavy atom. The number of nitrogens with two attached hydrogens (primary N) is 1. The minimum Gasteiger partial charge on any atom is -0.493 e. The molecule has 2 bridgehead atoms. The largest absolute Gasteiger partial charge is 0.493 e. The zero-order chi connectivity index (χ0) is 13.2. The molecule has 2 fully saturated rings. The molecule has 3 rings (SSSR count). The van der Waals surface area contributed by atoms with Gasteiger partial charge in [0.1, 0.15) is 5.75 Å². The van der Waals surface area contributed by atoms with Gasteiger partial charge in [0.05, 0.1) is 6.61 Å². The standard InChI is InChI=1S/C17H25NO/c1-2-9-19-16-6-4-3-5-14(16)17(18)15-11-12-7-8-13(15)10-12/h3-6,12-13,15,17H,2,7-11,18H2,1H3. The molecule has 0 aliphatic heterocycles. The maximum atomic E-state index is 6.58. The molecule has 2 aliphatic rings. The van der Waals surface area contributed by atoms with Crippen LogP contribution in [0.3, 0.4) is 0 Å². The van der Waals surface area contributed by atoms with E-state index in [1.54, 1.807) is 0 Å². The Bertz CT molecular complexity index is 431. The number of ether oxygens (including phenoxy) is 1. The van der Waals surface area contributed by atoms with E-state index in [2.05, 4.69) is 25.1 Å². The van der Waals surface area contributed by atoms with E-state index in [0.29, 0.717) is 5.92 Å². The van der Waals surface area contributed by atoms with Gasteiger partial charge in [-0.05, 0) is 49.5 Å². The van der Waals surface area contributed by atoms with Crippen LogP contribution in [-0.4, -0.2) is 6.61 Å². The molecule has 2 nitrogen and oxygen atoms in total. The van der Waals surface area contributed by atoms with Crippen molar-refractivity contribution in [3.8, 4) is 5.75 Å². The number of fused-ring (bicyclic) bond motifs is 2. The average molecular weight is 259 g/mol. The summed E-state index contributed by atoms with van der Waals surface area (Å²) in [6.45, 7) is 2.92. The predicted octanol–water partition coefficient (Wildman–Crippen LogP) is 3.91. The first-order chi connectivity index (χ1) is 9.29. The fraction of sp³-hybridized carbons (Fsp3) is 0.647. The SMILES string of the molecule is CCCOc1ccccc1C(N)C1CC2CCC1C2. The number of hydrogen-bond acceptors (Lipinski definition) is 2. The highest BCUT2D eigenvalue weighted by Gasteiger charge is 2.42. The zero-order valence-electron chi connectivity index (χ0n) is 11.8. The van der Waals surface area contributed by atoms with Gasteiger partial charge in [-0.2, -0.15) is 0 Å². The number of rotatable bonds is 5. The third-order valence-electron chi connectivity index (χ3n) is 4.99. The molecule has 0 spiro atoms. The molecule has 0 aromatic heterocycles. The zero-order valence-corrected chi connectivity index (χ0v) is 11.8. The Balaban J connectivity index is 1.77. The Morgan fingerprint density at radius 3 is 2.79 bits per heavy atom. The summed E-state index contributed by atoms with van der Waals surface area (Å²) in [5.41, 5.74) is 7.80. The molecule has 4 atom stereocenters. The fourth-order valence-corrected chi connectivity index (χ4v) is 4.06. The highest BCUT2D eigenvalue weighted by atomic mass is 16.5. The maximum absolute atomic E-state index is 6.58. The van der Waals surface area contributed by atoms with Gasteiger partial charge < -0.3 is 10.5 Å². The molecular formula is C17H25NO. The van der Waals surface area contributed by atoms with E-state index in [1.807, 2.05) is 6.07 Å². The van der Waals surface area contributed by atoms with Crippen LogP contribution in [0.5, 0.6) is 5.75 Å². The molecular weight excluding hydrogens is 234 g/mol. The molecule has 2 heteroatoms. The van der Waals surface area contributed by atoms with Gasteiger partial charge >= 0.3 is 0 Å². The van der Waals surface area contributed by atoms with E-state index < -0.39 is 0 Å². The highest BCUT2D eigenvalue weighted by Crippen LogP contribution is 2.52. The van der Waals surface area contributed by atoms with Crippen LogP contribution in [-0.2, 0) is 0 Å². The smallest absolute Gasteiger partial charge is 0.124 e. The topological polar surface area (TPSA) is 35.2 Å². The van der Waals surface area contributed by atoms with E-state index in [4.69, 9.17) is 10.5 Å². The first-order valence-electron chi connectivity index (χ1n) is 7.77. The Labute approximate surface area is 116 Å². The van der Waals surface area contributed by atoms with Gasteiger partial charge in [0.2, 0.25) is 0 Å². The van der Waals surface area contributed by atoms with E-state index >= 15 is 0 Å². The number of benzene rings is 1. The first kappa shape index (κ1) is 13.0. The summed E-state index contributed by atoms with van der Waals surface area (Å²) in [6, 6.07) is 8.51.